The molecule has 2 aromatic carbocycles. The van der Waals surface area contributed by atoms with Crippen LogP contribution in [0, 0.1) is 5.82 Å². The van der Waals surface area contributed by atoms with Crippen molar-refractivity contribution in [1.82, 2.24) is 14.4 Å². The van der Waals surface area contributed by atoms with Crippen molar-refractivity contribution < 1.29 is 31.6 Å². The first kappa shape index (κ1) is 23.4. The molecular formula is C21H22FN3O6S. The van der Waals surface area contributed by atoms with Crippen LogP contribution in [0.25, 0.3) is 11.4 Å². The fourth-order valence-corrected chi connectivity index (χ4v) is 3.97. The number of carbonyl (C=O) groups excluding carboxylic acids is 1. The Morgan fingerprint density at radius 1 is 1.19 bits per heavy atom. The van der Waals surface area contributed by atoms with Crippen LogP contribution in [0.2, 0.25) is 0 Å². The van der Waals surface area contributed by atoms with Gasteiger partial charge in [-0.05, 0) is 42.8 Å². The Balaban J connectivity index is 1.45. The summed E-state index contributed by atoms with van der Waals surface area (Å²) in [5.41, 5.74) is 0.691. The van der Waals surface area contributed by atoms with Gasteiger partial charge in [0.25, 0.3) is 5.89 Å². The molecular weight excluding hydrogens is 441 g/mol. The van der Waals surface area contributed by atoms with Crippen molar-refractivity contribution in [3.63, 3.8) is 0 Å². The monoisotopic (exact) mass is 463 g/mol. The van der Waals surface area contributed by atoms with Gasteiger partial charge in [0, 0.05) is 25.6 Å². The van der Waals surface area contributed by atoms with E-state index in [1.54, 1.807) is 31.4 Å². The van der Waals surface area contributed by atoms with E-state index >= 15 is 0 Å². The van der Waals surface area contributed by atoms with Crippen LogP contribution in [0.5, 0.6) is 5.75 Å². The molecule has 0 amide bonds. The van der Waals surface area contributed by atoms with Crippen molar-refractivity contribution in [2.24, 2.45) is 0 Å². The summed E-state index contributed by atoms with van der Waals surface area (Å²) in [6.45, 7) is -0.102. The number of halogens is 1. The van der Waals surface area contributed by atoms with Gasteiger partial charge in [-0.2, -0.15) is 4.98 Å². The van der Waals surface area contributed by atoms with Crippen LogP contribution in [-0.4, -0.2) is 49.5 Å². The maximum Gasteiger partial charge on any atom is 0.306 e. The van der Waals surface area contributed by atoms with Gasteiger partial charge < -0.3 is 14.0 Å². The summed E-state index contributed by atoms with van der Waals surface area (Å²) in [6.07, 6.45) is 0.245. The van der Waals surface area contributed by atoms with E-state index in [4.69, 9.17) is 14.0 Å². The normalized spacial score (nSPS) is 11.5. The van der Waals surface area contributed by atoms with Gasteiger partial charge in [-0.1, -0.05) is 17.3 Å². The Labute approximate surface area is 184 Å². The van der Waals surface area contributed by atoms with Crippen LogP contribution >= 0.6 is 0 Å². The van der Waals surface area contributed by atoms with Crippen LogP contribution in [0.4, 0.5) is 4.39 Å². The summed E-state index contributed by atoms with van der Waals surface area (Å²) in [7, 11) is -0.822. The summed E-state index contributed by atoms with van der Waals surface area (Å²) in [6, 6.07) is 11.7. The molecule has 1 aromatic heterocycles. The third-order valence-electron chi connectivity index (χ3n) is 4.53. The molecule has 3 aromatic rings. The van der Waals surface area contributed by atoms with Crippen LogP contribution in [-0.2, 0) is 26.2 Å². The van der Waals surface area contributed by atoms with E-state index < -0.39 is 21.8 Å². The van der Waals surface area contributed by atoms with Gasteiger partial charge in [0.1, 0.15) is 11.6 Å². The molecule has 0 radical (unpaired) electrons. The van der Waals surface area contributed by atoms with Gasteiger partial charge in [-0.25, -0.2) is 17.1 Å². The second kappa shape index (κ2) is 10.3. The quantitative estimate of drug-likeness (QED) is 0.422. The minimum absolute atomic E-state index is 0.000155. The number of hydrogen-bond acceptors (Lipinski definition) is 8. The molecule has 170 valence electrons. The second-order valence-electron chi connectivity index (χ2n) is 6.79. The SMILES string of the molecule is COc1cccc(-c2noc(COC(=O)CCCN(C)S(=O)(=O)c3ccc(F)cc3)n2)c1. The van der Waals surface area contributed by atoms with E-state index in [9.17, 15) is 17.6 Å². The first-order valence-corrected chi connectivity index (χ1v) is 11.1. The Morgan fingerprint density at radius 2 is 1.94 bits per heavy atom. The van der Waals surface area contributed by atoms with Crippen LogP contribution in [0.1, 0.15) is 18.7 Å². The zero-order valence-electron chi connectivity index (χ0n) is 17.5. The standard InChI is InChI=1S/C21H22FN3O6S/c1-25(32(27,28)18-10-8-16(22)9-11-18)12-4-7-20(26)30-14-19-23-21(24-31-19)15-5-3-6-17(13-15)29-2/h3,5-6,8-11,13H,4,7,12,14H2,1-2H3. The molecule has 0 fully saturated rings. The smallest absolute Gasteiger partial charge is 0.306 e. The third kappa shape index (κ3) is 5.89. The lowest BCUT2D eigenvalue weighted by atomic mass is 10.2. The fourth-order valence-electron chi connectivity index (χ4n) is 2.76. The zero-order chi connectivity index (χ0) is 23.1. The molecule has 0 atom stereocenters. The molecule has 11 heteroatoms. The molecule has 9 nitrogen and oxygen atoms in total. The van der Waals surface area contributed by atoms with Gasteiger partial charge in [-0.3, -0.25) is 4.79 Å². The molecule has 0 aliphatic carbocycles. The van der Waals surface area contributed by atoms with E-state index in [1.165, 1.54) is 19.2 Å². The average molecular weight is 463 g/mol. The lowest BCUT2D eigenvalue weighted by molar-refractivity contribution is -0.145. The molecule has 0 saturated heterocycles. The molecule has 32 heavy (non-hydrogen) atoms. The maximum atomic E-state index is 13.0. The summed E-state index contributed by atoms with van der Waals surface area (Å²) < 4.78 is 54.4. The second-order valence-corrected chi connectivity index (χ2v) is 8.83. The Kier molecular flexibility index (Phi) is 7.54. The molecule has 3 rings (SSSR count). The van der Waals surface area contributed by atoms with Gasteiger partial charge >= 0.3 is 5.97 Å². The van der Waals surface area contributed by atoms with Crippen molar-refractivity contribution in [1.29, 1.82) is 0 Å². The molecule has 0 aliphatic heterocycles. The number of rotatable bonds is 10. The fraction of sp³-hybridized carbons (Fsp3) is 0.286. The highest BCUT2D eigenvalue weighted by atomic mass is 32.2. The average Bonchev–Trinajstić information content (AvgIpc) is 3.27. The highest BCUT2D eigenvalue weighted by Gasteiger charge is 2.21. The Bertz CT molecular complexity index is 1160. The molecule has 0 saturated carbocycles. The van der Waals surface area contributed by atoms with Gasteiger partial charge in [0.05, 0.1) is 12.0 Å². The van der Waals surface area contributed by atoms with Crippen LogP contribution in [0.3, 0.4) is 0 Å². The molecule has 0 aliphatic rings. The summed E-state index contributed by atoms with van der Waals surface area (Å²) in [5, 5.41) is 3.86. The van der Waals surface area contributed by atoms with Crippen molar-refractivity contribution in [2.45, 2.75) is 24.3 Å². The topological polar surface area (TPSA) is 112 Å². The Hall–Kier alpha value is -3.31. The van der Waals surface area contributed by atoms with Gasteiger partial charge in [0.15, 0.2) is 6.61 Å². The number of methoxy groups -OCH3 is 1. The van der Waals surface area contributed by atoms with Gasteiger partial charge in [0.2, 0.25) is 15.8 Å². The largest absolute Gasteiger partial charge is 0.497 e. The number of benzene rings is 2. The summed E-state index contributed by atoms with van der Waals surface area (Å²) in [5.74, 6) is 0.0614. The number of ether oxygens (including phenoxy) is 2. The maximum absolute atomic E-state index is 13.0. The van der Waals surface area contributed by atoms with E-state index in [1.807, 2.05) is 0 Å². The molecule has 0 N–H and O–H groups in total. The van der Waals surface area contributed by atoms with Crippen molar-refractivity contribution in [2.75, 3.05) is 20.7 Å². The summed E-state index contributed by atoms with van der Waals surface area (Å²) in [4.78, 5) is 16.1. The first-order chi connectivity index (χ1) is 15.3. The van der Waals surface area contributed by atoms with Crippen molar-refractivity contribution in [3.8, 4) is 17.1 Å². The summed E-state index contributed by atoms with van der Waals surface area (Å²) >= 11 is 0. The predicted molar refractivity (Wildman–Crippen MR) is 112 cm³/mol. The van der Waals surface area contributed by atoms with E-state index in [0.29, 0.717) is 17.1 Å². The zero-order valence-corrected chi connectivity index (χ0v) is 18.3. The van der Waals surface area contributed by atoms with Crippen molar-refractivity contribution in [3.05, 3.63) is 60.2 Å². The van der Waals surface area contributed by atoms with E-state index in [-0.39, 0.29) is 36.8 Å². The molecule has 1 heterocycles. The number of aromatic nitrogens is 2. The highest BCUT2D eigenvalue weighted by molar-refractivity contribution is 7.89. The third-order valence-corrected chi connectivity index (χ3v) is 6.40. The molecule has 0 spiro atoms. The number of carbonyl (C=O) groups is 1. The first-order valence-electron chi connectivity index (χ1n) is 9.64. The molecule has 0 bridgehead atoms. The highest BCUT2D eigenvalue weighted by Crippen LogP contribution is 2.21. The lowest BCUT2D eigenvalue weighted by Gasteiger charge is -2.16. The lowest BCUT2D eigenvalue weighted by Crippen LogP contribution is -2.28. The van der Waals surface area contributed by atoms with Gasteiger partial charge in [-0.15, -0.1) is 0 Å². The Morgan fingerprint density at radius 3 is 2.66 bits per heavy atom. The predicted octanol–water partition coefficient (Wildman–Crippen LogP) is 3.03. The van der Waals surface area contributed by atoms with Crippen LogP contribution in [0.15, 0.2) is 57.9 Å². The number of hydrogen-bond donors (Lipinski definition) is 0. The minimum Gasteiger partial charge on any atom is -0.497 e. The molecule has 0 unspecified atom stereocenters. The van der Waals surface area contributed by atoms with E-state index in [0.717, 1.165) is 16.4 Å². The number of sulfonamides is 1. The van der Waals surface area contributed by atoms with Crippen molar-refractivity contribution >= 4 is 16.0 Å². The van der Waals surface area contributed by atoms with Crippen LogP contribution < -0.4 is 4.74 Å². The minimum atomic E-state index is -3.77. The van der Waals surface area contributed by atoms with E-state index in [2.05, 4.69) is 10.1 Å². The number of nitrogens with zero attached hydrogens (tertiary/aromatic N) is 3. The number of esters is 1.